The predicted molar refractivity (Wildman–Crippen MR) is 130 cm³/mol. The first kappa shape index (κ1) is 23.4. The number of aromatic amines is 1. The largest absolute Gasteiger partial charge is 0.501 e. The van der Waals surface area contributed by atoms with Crippen LogP contribution < -0.4 is 10.2 Å². The summed E-state index contributed by atoms with van der Waals surface area (Å²) in [7, 11) is 3.29. The first-order chi connectivity index (χ1) is 16.3. The summed E-state index contributed by atoms with van der Waals surface area (Å²) in [5, 5.41) is 10.6. The molecule has 3 heterocycles. The van der Waals surface area contributed by atoms with E-state index in [1.807, 2.05) is 31.2 Å². The van der Waals surface area contributed by atoms with Gasteiger partial charge in [-0.2, -0.15) is 0 Å². The quantitative estimate of drug-likeness (QED) is 0.410. The van der Waals surface area contributed by atoms with Crippen LogP contribution in [0.3, 0.4) is 0 Å². The highest BCUT2D eigenvalue weighted by molar-refractivity contribution is 5.82. The van der Waals surface area contributed by atoms with Crippen LogP contribution in [0.5, 0.6) is 11.5 Å². The molecule has 4 rings (SSSR count). The van der Waals surface area contributed by atoms with E-state index in [1.165, 1.54) is 6.07 Å². The minimum Gasteiger partial charge on any atom is -0.501 e. The molecule has 0 bridgehead atoms. The number of aryl methyl sites for hydroxylation is 1. The molecule has 34 heavy (non-hydrogen) atoms. The lowest BCUT2D eigenvalue weighted by molar-refractivity contribution is 0.186. The molecule has 0 radical (unpaired) electrons. The number of imidazole rings is 1. The predicted octanol–water partition coefficient (Wildman–Crippen LogP) is 4.76. The van der Waals surface area contributed by atoms with E-state index in [-0.39, 0.29) is 5.76 Å². The van der Waals surface area contributed by atoms with Crippen LogP contribution in [0.1, 0.15) is 22.7 Å². The van der Waals surface area contributed by atoms with Crippen LogP contribution in [0.4, 0.5) is 0 Å². The number of methoxy groups -OCH3 is 2. The van der Waals surface area contributed by atoms with E-state index in [0.717, 1.165) is 34.6 Å². The number of benzene rings is 1. The second-order valence-corrected chi connectivity index (χ2v) is 8.25. The molecule has 0 aliphatic rings. The molecule has 0 spiro atoms. The normalized spacial score (nSPS) is 11.2. The average molecular weight is 464 g/mol. The maximum atomic E-state index is 12.3. The van der Waals surface area contributed by atoms with Crippen LogP contribution in [0, 0.1) is 27.7 Å². The molecule has 0 saturated heterocycles. The Kier molecular flexibility index (Phi) is 6.34. The fourth-order valence-corrected chi connectivity index (χ4v) is 4.29. The third-order valence-electron chi connectivity index (χ3n) is 6.19. The lowest BCUT2D eigenvalue weighted by atomic mass is 10.1. The van der Waals surface area contributed by atoms with Crippen molar-refractivity contribution < 1.29 is 19.0 Å². The van der Waals surface area contributed by atoms with Gasteiger partial charge in [0.05, 0.1) is 13.7 Å². The number of nitrogens with zero attached hydrogens (tertiary/aromatic N) is 2. The van der Waals surface area contributed by atoms with Crippen molar-refractivity contribution in [3.8, 4) is 45.6 Å². The maximum absolute atomic E-state index is 12.3. The van der Waals surface area contributed by atoms with Gasteiger partial charge in [-0.3, -0.25) is 4.79 Å². The van der Waals surface area contributed by atoms with E-state index in [4.69, 9.17) is 18.9 Å². The second-order valence-electron chi connectivity index (χ2n) is 8.25. The van der Waals surface area contributed by atoms with Crippen molar-refractivity contribution in [2.75, 3.05) is 20.8 Å². The lowest BCUT2D eigenvalue weighted by Gasteiger charge is -2.08. The van der Waals surface area contributed by atoms with Crippen LogP contribution in [0.15, 0.2) is 39.5 Å². The van der Waals surface area contributed by atoms with Gasteiger partial charge in [-0.25, -0.2) is 4.98 Å². The Balaban J connectivity index is 1.97. The Morgan fingerprint density at radius 1 is 1.09 bits per heavy atom. The number of hydrogen-bond donors (Lipinski definition) is 2. The van der Waals surface area contributed by atoms with Crippen molar-refractivity contribution in [3.63, 3.8) is 0 Å². The molecule has 4 aromatic rings. The smallest absolute Gasteiger partial charge is 0.227 e. The standard InChI is InChI=1S/C26H29N3O5/c1-14-13-20(30)24(31)25(34-14)23-22(18-7-9-19(33-6)10-8-18)27-26(28-23)21-15(2)16(3)29(17(21)4)11-12-32-5/h7-10,13,31H,11-12H2,1-6H3,(H,27,28). The first-order valence-electron chi connectivity index (χ1n) is 11.0. The summed E-state index contributed by atoms with van der Waals surface area (Å²) in [6.07, 6.45) is 0. The SMILES string of the molecule is COCCn1c(C)c(C)c(-c2nc(-c3ccc(OC)cc3)c(-c3oc(C)cc(=O)c3O)[nH]2)c1C. The van der Waals surface area contributed by atoms with Crippen molar-refractivity contribution in [2.45, 2.75) is 34.2 Å². The van der Waals surface area contributed by atoms with Crippen molar-refractivity contribution >= 4 is 0 Å². The first-order valence-corrected chi connectivity index (χ1v) is 11.0. The minimum absolute atomic E-state index is 0.0559. The summed E-state index contributed by atoms with van der Waals surface area (Å²) in [4.78, 5) is 20.6. The number of H-pyrrole nitrogens is 1. The highest BCUT2D eigenvalue weighted by atomic mass is 16.5. The Morgan fingerprint density at radius 3 is 2.44 bits per heavy atom. The molecule has 8 heteroatoms. The zero-order chi connectivity index (χ0) is 24.6. The third kappa shape index (κ3) is 4.01. The fraction of sp³-hybridized carbons (Fsp3) is 0.308. The Bertz CT molecular complexity index is 1390. The van der Waals surface area contributed by atoms with Gasteiger partial charge in [-0.05, 0) is 57.5 Å². The third-order valence-corrected chi connectivity index (χ3v) is 6.19. The van der Waals surface area contributed by atoms with E-state index in [9.17, 15) is 9.90 Å². The molecule has 0 fully saturated rings. The van der Waals surface area contributed by atoms with Crippen LogP contribution in [-0.2, 0) is 11.3 Å². The monoisotopic (exact) mass is 463 g/mol. The van der Waals surface area contributed by atoms with E-state index in [2.05, 4.69) is 23.4 Å². The number of aromatic nitrogens is 3. The van der Waals surface area contributed by atoms with Gasteiger partial charge in [-0.15, -0.1) is 0 Å². The van der Waals surface area contributed by atoms with Gasteiger partial charge in [0.15, 0.2) is 5.76 Å². The van der Waals surface area contributed by atoms with Crippen LogP contribution in [0.2, 0.25) is 0 Å². The molecule has 0 amide bonds. The highest BCUT2D eigenvalue weighted by Gasteiger charge is 2.25. The van der Waals surface area contributed by atoms with Crippen molar-refractivity contribution in [2.24, 2.45) is 0 Å². The molecular formula is C26H29N3O5. The molecule has 3 aromatic heterocycles. The Labute approximate surface area is 197 Å². The average Bonchev–Trinajstić information content (AvgIpc) is 3.34. The van der Waals surface area contributed by atoms with Gasteiger partial charge in [0.25, 0.3) is 0 Å². The van der Waals surface area contributed by atoms with Gasteiger partial charge >= 0.3 is 0 Å². The van der Waals surface area contributed by atoms with Gasteiger partial charge in [0.1, 0.15) is 28.7 Å². The van der Waals surface area contributed by atoms with Crippen LogP contribution in [0.25, 0.3) is 34.1 Å². The summed E-state index contributed by atoms with van der Waals surface area (Å²) in [5.41, 5.74) is 5.48. The lowest BCUT2D eigenvalue weighted by Crippen LogP contribution is -2.07. The molecule has 1 aromatic carbocycles. The maximum Gasteiger partial charge on any atom is 0.227 e. The zero-order valence-corrected chi connectivity index (χ0v) is 20.3. The van der Waals surface area contributed by atoms with Crippen LogP contribution >= 0.6 is 0 Å². The van der Waals surface area contributed by atoms with Gasteiger partial charge in [-0.1, -0.05) is 0 Å². The van der Waals surface area contributed by atoms with Crippen molar-refractivity contribution in [3.05, 3.63) is 63.3 Å². The second kappa shape index (κ2) is 9.23. The number of nitrogens with one attached hydrogen (secondary N) is 1. The van der Waals surface area contributed by atoms with Gasteiger partial charge < -0.3 is 28.5 Å². The summed E-state index contributed by atoms with van der Waals surface area (Å²) in [6, 6.07) is 8.68. The molecule has 2 N–H and O–H groups in total. The summed E-state index contributed by atoms with van der Waals surface area (Å²) < 4.78 is 18.6. The number of aromatic hydroxyl groups is 1. The molecule has 8 nitrogen and oxygen atoms in total. The van der Waals surface area contributed by atoms with Crippen molar-refractivity contribution in [1.82, 2.24) is 14.5 Å². The topological polar surface area (TPSA) is 103 Å². The minimum atomic E-state index is -0.510. The van der Waals surface area contributed by atoms with E-state index < -0.39 is 11.2 Å². The zero-order valence-electron chi connectivity index (χ0n) is 20.3. The Hall–Kier alpha value is -3.78. The molecule has 0 aliphatic carbocycles. The van der Waals surface area contributed by atoms with E-state index in [0.29, 0.717) is 35.3 Å². The number of hydrogen-bond acceptors (Lipinski definition) is 6. The van der Waals surface area contributed by atoms with Gasteiger partial charge in [0.2, 0.25) is 11.2 Å². The van der Waals surface area contributed by atoms with E-state index >= 15 is 0 Å². The summed E-state index contributed by atoms with van der Waals surface area (Å²) in [6.45, 7) is 9.16. The molecule has 0 saturated carbocycles. The van der Waals surface area contributed by atoms with Crippen molar-refractivity contribution in [1.29, 1.82) is 0 Å². The fourth-order valence-electron chi connectivity index (χ4n) is 4.29. The molecule has 0 aliphatic heterocycles. The molecule has 0 unspecified atom stereocenters. The molecular weight excluding hydrogens is 434 g/mol. The molecule has 178 valence electrons. The number of ether oxygens (including phenoxy) is 2. The van der Waals surface area contributed by atoms with E-state index in [1.54, 1.807) is 21.1 Å². The number of rotatable bonds is 7. The highest BCUT2D eigenvalue weighted by Crippen LogP contribution is 2.39. The molecule has 0 atom stereocenters. The van der Waals surface area contributed by atoms with Crippen LogP contribution in [-0.4, -0.2) is 40.5 Å². The Morgan fingerprint density at radius 2 is 1.79 bits per heavy atom. The summed E-state index contributed by atoms with van der Waals surface area (Å²) >= 11 is 0. The van der Waals surface area contributed by atoms with Gasteiger partial charge in [0, 0.05) is 42.2 Å². The summed E-state index contributed by atoms with van der Waals surface area (Å²) in [5.74, 6) is 1.32.